The fourth-order valence-electron chi connectivity index (χ4n) is 3.67. The molecule has 3 aromatic heterocycles. The van der Waals surface area contributed by atoms with E-state index in [2.05, 4.69) is 40.8 Å². The van der Waals surface area contributed by atoms with Gasteiger partial charge in [-0.15, -0.1) is 10.2 Å². The molecule has 0 aromatic carbocycles. The van der Waals surface area contributed by atoms with Crippen molar-refractivity contribution in [2.75, 3.05) is 19.7 Å². The van der Waals surface area contributed by atoms with E-state index in [0.29, 0.717) is 24.9 Å². The second-order valence-corrected chi connectivity index (χ2v) is 7.11. The van der Waals surface area contributed by atoms with Crippen LogP contribution < -0.4 is 4.74 Å². The summed E-state index contributed by atoms with van der Waals surface area (Å²) in [7, 11) is 2.04. The van der Waals surface area contributed by atoms with Gasteiger partial charge < -0.3 is 9.30 Å². The molecule has 1 fully saturated rings. The first kappa shape index (κ1) is 18.5. The lowest BCUT2D eigenvalue weighted by Crippen LogP contribution is -2.33. The maximum absolute atomic E-state index is 5.41. The van der Waals surface area contributed by atoms with E-state index < -0.39 is 0 Å². The summed E-state index contributed by atoms with van der Waals surface area (Å²) in [5, 5.41) is 13.0. The number of nitrogens with zero attached hydrogens (tertiary/aromatic N) is 8. The van der Waals surface area contributed by atoms with Crippen molar-refractivity contribution in [3.63, 3.8) is 0 Å². The highest BCUT2D eigenvalue weighted by molar-refractivity contribution is 5.18. The number of likely N-dealkylation sites (tertiary alicyclic amines) is 1. The monoisotopic (exact) mass is 382 g/mol. The van der Waals surface area contributed by atoms with Crippen molar-refractivity contribution in [2.24, 2.45) is 7.05 Å². The smallest absolute Gasteiger partial charge is 0.213 e. The lowest BCUT2D eigenvalue weighted by atomic mass is 9.95. The van der Waals surface area contributed by atoms with Crippen molar-refractivity contribution in [3.05, 3.63) is 48.2 Å². The number of hydrogen-bond acceptors (Lipinski definition) is 7. The standard InChI is InChI=1S/C19H26N8O/c1-3-28-18-5-4-15(10-21-18)11-26-8-6-16(7-9-26)19-24-23-17(25(19)2)12-27-14-20-13-22-27/h4-5,10,13-14,16H,3,6-9,11-12H2,1-2H3. The molecule has 0 saturated carbocycles. The minimum absolute atomic E-state index is 0.441. The molecule has 0 amide bonds. The van der Waals surface area contributed by atoms with Crippen LogP contribution in [0.2, 0.25) is 0 Å². The first-order valence-corrected chi connectivity index (χ1v) is 9.73. The Morgan fingerprint density at radius 3 is 2.68 bits per heavy atom. The molecule has 9 heteroatoms. The SMILES string of the molecule is CCOc1ccc(CN2CCC(c3nnc(Cn4cncn4)n3C)CC2)cn1. The molecule has 0 aliphatic carbocycles. The summed E-state index contributed by atoms with van der Waals surface area (Å²) >= 11 is 0. The summed E-state index contributed by atoms with van der Waals surface area (Å²) in [6, 6.07) is 4.05. The normalized spacial score (nSPS) is 15.8. The average Bonchev–Trinajstić information content (AvgIpc) is 3.35. The lowest BCUT2D eigenvalue weighted by Gasteiger charge is -2.31. The molecule has 4 heterocycles. The molecule has 3 aromatic rings. The number of rotatable bonds is 7. The minimum atomic E-state index is 0.441. The van der Waals surface area contributed by atoms with Gasteiger partial charge in [0, 0.05) is 31.8 Å². The summed E-state index contributed by atoms with van der Waals surface area (Å²) in [5.41, 5.74) is 1.22. The zero-order valence-corrected chi connectivity index (χ0v) is 16.4. The van der Waals surface area contributed by atoms with E-state index in [4.69, 9.17) is 4.74 Å². The zero-order valence-electron chi connectivity index (χ0n) is 16.4. The Hall–Kier alpha value is -2.81. The van der Waals surface area contributed by atoms with Crippen molar-refractivity contribution in [1.29, 1.82) is 0 Å². The summed E-state index contributed by atoms with van der Waals surface area (Å²) < 4.78 is 9.29. The molecule has 0 N–H and O–H groups in total. The Morgan fingerprint density at radius 1 is 1.14 bits per heavy atom. The van der Waals surface area contributed by atoms with Crippen molar-refractivity contribution in [2.45, 2.75) is 38.8 Å². The molecule has 9 nitrogen and oxygen atoms in total. The van der Waals surface area contributed by atoms with Crippen molar-refractivity contribution in [1.82, 2.24) is 39.4 Å². The number of hydrogen-bond donors (Lipinski definition) is 0. The minimum Gasteiger partial charge on any atom is -0.478 e. The van der Waals surface area contributed by atoms with Crippen LogP contribution >= 0.6 is 0 Å². The Labute approximate surface area is 164 Å². The van der Waals surface area contributed by atoms with Crippen LogP contribution in [0.4, 0.5) is 0 Å². The molecule has 0 radical (unpaired) electrons. The van der Waals surface area contributed by atoms with E-state index in [1.54, 1.807) is 11.0 Å². The molecule has 28 heavy (non-hydrogen) atoms. The Balaban J connectivity index is 1.32. The maximum atomic E-state index is 5.41. The van der Waals surface area contributed by atoms with Gasteiger partial charge in [-0.3, -0.25) is 4.90 Å². The van der Waals surface area contributed by atoms with Gasteiger partial charge in [0.15, 0.2) is 5.82 Å². The number of aromatic nitrogens is 7. The van der Waals surface area contributed by atoms with Gasteiger partial charge in [-0.25, -0.2) is 14.6 Å². The van der Waals surface area contributed by atoms with Gasteiger partial charge in [-0.2, -0.15) is 5.10 Å². The molecule has 1 saturated heterocycles. The third-order valence-corrected chi connectivity index (χ3v) is 5.22. The summed E-state index contributed by atoms with van der Waals surface area (Å²) in [6.45, 7) is 6.21. The highest BCUT2D eigenvalue weighted by atomic mass is 16.5. The fraction of sp³-hybridized carbons (Fsp3) is 0.526. The van der Waals surface area contributed by atoms with Gasteiger partial charge in [0.25, 0.3) is 0 Å². The van der Waals surface area contributed by atoms with Crippen LogP contribution in [0.25, 0.3) is 0 Å². The summed E-state index contributed by atoms with van der Waals surface area (Å²) in [5.74, 6) is 3.10. The van der Waals surface area contributed by atoms with Crippen molar-refractivity contribution < 1.29 is 4.74 Å². The zero-order chi connectivity index (χ0) is 19.3. The van der Waals surface area contributed by atoms with E-state index in [9.17, 15) is 0 Å². The highest BCUT2D eigenvalue weighted by Gasteiger charge is 2.25. The molecular formula is C19H26N8O. The Kier molecular flexibility index (Phi) is 5.61. The van der Waals surface area contributed by atoms with E-state index >= 15 is 0 Å². The van der Waals surface area contributed by atoms with Crippen LogP contribution in [0.15, 0.2) is 31.0 Å². The lowest BCUT2D eigenvalue weighted by molar-refractivity contribution is 0.200. The van der Waals surface area contributed by atoms with Crippen molar-refractivity contribution >= 4 is 0 Å². The molecule has 0 spiro atoms. The van der Waals surface area contributed by atoms with Crippen LogP contribution in [0, 0.1) is 0 Å². The predicted molar refractivity (Wildman–Crippen MR) is 103 cm³/mol. The molecule has 0 atom stereocenters. The van der Waals surface area contributed by atoms with Gasteiger partial charge in [0.05, 0.1) is 6.61 Å². The number of piperidine rings is 1. The summed E-state index contributed by atoms with van der Waals surface area (Å²) in [4.78, 5) is 10.8. The van der Waals surface area contributed by atoms with Crippen LogP contribution in [-0.4, -0.2) is 59.1 Å². The quantitative estimate of drug-likeness (QED) is 0.614. The maximum Gasteiger partial charge on any atom is 0.213 e. The predicted octanol–water partition coefficient (Wildman–Crippen LogP) is 1.63. The van der Waals surface area contributed by atoms with E-state index in [-0.39, 0.29) is 0 Å². The van der Waals surface area contributed by atoms with E-state index in [1.807, 2.05) is 26.2 Å². The number of pyridine rings is 1. The fourth-order valence-corrected chi connectivity index (χ4v) is 3.67. The van der Waals surface area contributed by atoms with Gasteiger partial charge in [-0.05, 0) is 38.4 Å². The van der Waals surface area contributed by atoms with Gasteiger partial charge in [0.2, 0.25) is 5.88 Å². The third-order valence-electron chi connectivity index (χ3n) is 5.22. The summed E-state index contributed by atoms with van der Waals surface area (Å²) in [6.07, 6.45) is 7.31. The number of ether oxygens (including phenoxy) is 1. The molecule has 0 bridgehead atoms. The molecule has 148 valence electrons. The van der Waals surface area contributed by atoms with Gasteiger partial charge in [-0.1, -0.05) is 6.07 Å². The van der Waals surface area contributed by atoms with E-state index in [0.717, 1.165) is 44.1 Å². The first-order valence-electron chi connectivity index (χ1n) is 9.73. The Morgan fingerprint density at radius 2 is 2.00 bits per heavy atom. The van der Waals surface area contributed by atoms with Crippen LogP contribution in [0.3, 0.4) is 0 Å². The molecule has 0 unspecified atom stereocenters. The van der Waals surface area contributed by atoms with Crippen molar-refractivity contribution in [3.8, 4) is 5.88 Å². The van der Waals surface area contributed by atoms with E-state index in [1.165, 1.54) is 11.9 Å². The van der Waals surface area contributed by atoms with Crippen LogP contribution in [0.5, 0.6) is 5.88 Å². The topological polar surface area (TPSA) is 86.8 Å². The van der Waals surface area contributed by atoms with Crippen LogP contribution in [0.1, 0.15) is 42.9 Å². The second kappa shape index (κ2) is 8.47. The largest absolute Gasteiger partial charge is 0.478 e. The average molecular weight is 382 g/mol. The molecule has 1 aliphatic rings. The second-order valence-electron chi connectivity index (χ2n) is 7.11. The first-order chi connectivity index (χ1) is 13.7. The highest BCUT2D eigenvalue weighted by Crippen LogP contribution is 2.27. The molecular weight excluding hydrogens is 356 g/mol. The Bertz CT molecular complexity index is 866. The third kappa shape index (κ3) is 4.19. The van der Waals surface area contributed by atoms with Gasteiger partial charge >= 0.3 is 0 Å². The molecule has 1 aliphatic heterocycles. The van der Waals surface area contributed by atoms with Crippen LogP contribution in [-0.2, 0) is 20.1 Å². The molecule has 4 rings (SSSR count). The van der Waals surface area contributed by atoms with Gasteiger partial charge in [0.1, 0.15) is 25.0 Å².